The zero-order valence-electron chi connectivity index (χ0n) is 12.4. The number of para-hydroxylation sites is 2. The van der Waals surface area contributed by atoms with E-state index in [9.17, 15) is 9.18 Å². The van der Waals surface area contributed by atoms with E-state index in [4.69, 9.17) is 16.3 Å². The van der Waals surface area contributed by atoms with Crippen LogP contribution in [-0.4, -0.2) is 10.9 Å². The van der Waals surface area contributed by atoms with E-state index >= 15 is 0 Å². The average Bonchev–Trinajstić information content (AvgIpc) is 2.59. The lowest BCUT2D eigenvalue weighted by molar-refractivity contribution is 0.102. The Kier molecular flexibility index (Phi) is 4.72. The number of nitrogens with one attached hydrogen (secondary N) is 1. The summed E-state index contributed by atoms with van der Waals surface area (Å²) in [7, 11) is 0. The molecular formula is C18H12ClFN2O2. The predicted molar refractivity (Wildman–Crippen MR) is 90.1 cm³/mol. The van der Waals surface area contributed by atoms with Gasteiger partial charge in [0.1, 0.15) is 22.3 Å². The van der Waals surface area contributed by atoms with Crippen molar-refractivity contribution in [2.75, 3.05) is 5.32 Å². The van der Waals surface area contributed by atoms with Crippen molar-refractivity contribution < 1.29 is 13.9 Å². The number of ether oxygens (including phenoxy) is 1. The van der Waals surface area contributed by atoms with E-state index in [1.165, 1.54) is 18.2 Å². The number of benzene rings is 2. The molecule has 0 aliphatic carbocycles. The fraction of sp³-hybridized carbons (Fsp3) is 0. The molecule has 4 nitrogen and oxygen atoms in total. The van der Waals surface area contributed by atoms with E-state index in [1.807, 2.05) is 6.07 Å². The number of anilines is 1. The zero-order chi connectivity index (χ0) is 16.9. The Morgan fingerprint density at radius 3 is 2.50 bits per heavy atom. The van der Waals surface area contributed by atoms with Crippen molar-refractivity contribution in [3.63, 3.8) is 0 Å². The Morgan fingerprint density at radius 2 is 1.75 bits per heavy atom. The molecule has 0 unspecified atom stereocenters. The summed E-state index contributed by atoms with van der Waals surface area (Å²) in [6.45, 7) is 0. The second-order valence-electron chi connectivity index (χ2n) is 4.83. The monoisotopic (exact) mass is 342 g/mol. The molecule has 1 amide bonds. The van der Waals surface area contributed by atoms with E-state index in [0.717, 1.165) is 0 Å². The Morgan fingerprint density at radius 1 is 1.00 bits per heavy atom. The highest BCUT2D eigenvalue weighted by Crippen LogP contribution is 2.32. The summed E-state index contributed by atoms with van der Waals surface area (Å²) in [6, 6.07) is 17.8. The molecule has 1 heterocycles. The molecule has 0 aliphatic heterocycles. The molecule has 0 saturated heterocycles. The van der Waals surface area contributed by atoms with Crippen LogP contribution in [0.2, 0.25) is 5.15 Å². The molecule has 3 rings (SSSR count). The van der Waals surface area contributed by atoms with Crippen molar-refractivity contribution in [3.05, 3.63) is 83.4 Å². The van der Waals surface area contributed by atoms with Crippen molar-refractivity contribution in [1.29, 1.82) is 0 Å². The minimum absolute atomic E-state index is 0.0619. The van der Waals surface area contributed by atoms with Gasteiger partial charge in [0.15, 0.2) is 11.6 Å². The maximum absolute atomic E-state index is 14.2. The van der Waals surface area contributed by atoms with Crippen LogP contribution in [0, 0.1) is 5.82 Å². The summed E-state index contributed by atoms with van der Waals surface area (Å²) >= 11 is 5.77. The Hall–Kier alpha value is -2.92. The van der Waals surface area contributed by atoms with Crippen molar-refractivity contribution in [2.45, 2.75) is 0 Å². The number of carbonyl (C=O) groups excluding carboxylic acids is 1. The number of nitrogens with zero attached hydrogens (tertiary/aromatic N) is 1. The predicted octanol–water partition coefficient (Wildman–Crippen LogP) is 4.92. The highest BCUT2D eigenvalue weighted by atomic mass is 35.5. The molecule has 24 heavy (non-hydrogen) atoms. The van der Waals surface area contributed by atoms with E-state index in [2.05, 4.69) is 10.3 Å². The lowest BCUT2D eigenvalue weighted by Gasteiger charge is -2.13. The summed E-state index contributed by atoms with van der Waals surface area (Å²) in [6.07, 6.45) is 0. The number of pyridine rings is 1. The van der Waals surface area contributed by atoms with Crippen LogP contribution < -0.4 is 10.1 Å². The minimum Gasteiger partial charge on any atom is -0.455 e. The minimum atomic E-state index is -0.612. The molecule has 2 aromatic carbocycles. The van der Waals surface area contributed by atoms with E-state index in [0.29, 0.717) is 5.75 Å². The first-order valence-electron chi connectivity index (χ1n) is 7.09. The third-order valence-electron chi connectivity index (χ3n) is 3.13. The molecule has 0 spiro atoms. The highest BCUT2D eigenvalue weighted by molar-refractivity contribution is 6.29. The molecule has 1 aromatic heterocycles. The van der Waals surface area contributed by atoms with Gasteiger partial charge in [-0.2, -0.15) is 0 Å². The van der Waals surface area contributed by atoms with Crippen LogP contribution in [0.3, 0.4) is 0 Å². The van der Waals surface area contributed by atoms with Crippen molar-refractivity contribution in [2.24, 2.45) is 0 Å². The topological polar surface area (TPSA) is 51.2 Å². The molecule has 1 N–H and O–H groups in total. The van der Waals surface area contributed by atoms with Crippen LogP contribution >= 0.6 is 11.6 Å². The number of hydrogen-bond acceptors (Lipinski definition) is 3. The first-order chi connectivity index (χ1) is 11.6. The number of aromatic nitrogens is 1. The van der Waals surface area contributed by atoms with Gasteiger partial charge in [0.25, 0.3) is 5.91 Å². The zero-order valence-corrected chi connectivity index (χ0v) is 13.1. The number of hydrogen-bond donors (Lipinski definition) is 1. The van der Waals surface area contributed by atoms with Gasteiger partial charge in [-0.25, -0.2) is 9.37 Å². The second kappa shape index (κ2) is 7.10. The fourth-order valence-corrected chi connectivity index (χ4v) is 2.20. The van der Waals surface area contributed by atoms with E-state index < -0.39 is 11.7 Å². The van der Waals surface area contributed by atoms with Gasteiger partial charge in [-0.1, -0.05) is 41.9 Å². The molecular weight excluding hydrogens is 331 g/mol. The molecule has 0 bridgehead atoms. The molecule has 0 aliphatic rings. The van der Waals surface area contributed by atoms with Crippen molar-refractivity contribution in [1.82, 2.24) is 4.98 Å². The number of carbonyl (C=O) groups is 1. The first kappa shape index (κ1) is 16.0. The summed E-state index contributed by atoms with van der Waals surface area (Å²) in [5, 5.41) is 2.66. The van der Waals surface area contributed by atoms with Gasteiger partial charge in [-0.05, 0) is 36.4 Å². The van der Waals surface area contributed by atoms with Crippen LogP contribution in [0.4, 0.5) is 10.1 Å². The standard InChI is InChI=1S/C18H12ClFN2O2/c19-16-11-5-9-14(21-16)18(23)22-17-13(20)8-4-10-15(17)24-12-6-2-1-3-7-12/h1-11H,(H,22,23). The van der Waals surface area contributed by atoms with Crippen LogP contribution in [-0.2, 0) is 0 Å². The van der Waals surface area contributed by atoms with E-state index in [-0.39, 0.29) is 22.3 Å². The number of rotatable bonds is 4. The van der Waals surface area contributed by atoms with Crippen LogP contribution in [0.1, 0.15) is 10.5 Å². The Labute approximate surface area is 142 Å². The first-order valence-corrected chi connectivity index (χ1v) is 7.46. The lowest BCUT2D eigenvalue weighted by atomic mass is 10.2. The molecule has 0 radical (unpaired) electrons. The summed E-state index contributed by atoms with van der Waals surface area (Å²) in [4.78, 5) is 16.2. The van der Waals surface area contributed by atoms with Gasteiger partial charge >= 0.3 is 0 Å². The summed E-state index contributed by atoms with van der Waals surface area (Å²) < 4.78 is 19.8. The molecule has 6 heteroatoms. The van der Waals surface area contributed by atoms with Crippen molar-refractivity contribution >= 4 is 23.2 Å². The van der Waals surface area contributed by atoms with Gasteiger partial charge in [-0.3, -0.25) is 4.79 Å². The van der Waals surface area contributed by atoms with Crippen LogP contribution in [0.25, 0.3) is 0 Å². The Bertz CT molecular complexity index is 872. The van der Waals surface area contributed by atoms with Crippen LogP contribution in [0.5, 0.6) is 11.5 Å². The molecule has 0 saturated carbocycles. The van der Waals surface area contributed by atoms with Gasteiger partial charge in [0.2, 0.25) is 0 Å². The highest BCUT2D eigenvalue weighted by Gasteiger charge is 2.16. The van der Waals surface area contributed by atoms with Gasteiger partial charge < -0.3 is 10.1 Å². The molecule has 0 fully saturated rings. The molecule has 120 valence electrons. The van der Waals surface area contributed by atoms with Crippen LogP contribution in [0.15, 0.2) is 66.7 Å². The third kappa shape index (κ3) is 3.70. The second-order valence-corrected chi connectivity index (χ2v) is 5.22. The normalized spacial score (nSPS) is 10.2. The summed E-state index contributed by atoms with van der Waals surface area (Å²) in [5.74, 6) is -0.477. The maximum Gasteiger partial charge on any atom is 0.274 e. The van der Waals surface area contributed by atoms with E-state index in [1.54, 1.807) is 42.5 Å². The number of amides is 1. The average molecular weight is 343 g/mol. The molecule has 3 aromatic rings. The van der Waals surface area contributed by atoms with Gasteiger partial charge in [0, 0.05) is 0 Å². The fourth-order valence-electron chi connectivity index (χ4n) is 2.04. The Balaban J connectivity index is 1.88. The van der Waals surface area contributed by atoms with Gasteiger partial charge in [-0.15, -0.1) is 0 Å². The summed E-state index contributed by atoms with van der Waals surface area (Å²) in [5.41, 5.74) is 0.0181. The van der Waals surface area contributed by atoms with Gasteiger partial charge in [0.05, 0.1) is 0 Å². The quantitative estimate of drug-likeness (QED) is 0.685. The smallest absolute Gasteiger partial charge is 0.274 e. The molecule has 0 atom stereocenters. The number of halogens is 2. The van der Waals surface area contributed by atoms with Crippen molar-refractivity contribution in [3.8, 4) is 11.5 Å². The third-order valence-corrected chi connectivity index (χ3v) is 3.34. The largest absolute Gasteiger partial charge is 0.455 e. The maximum atomic E-state index is 14.2. The SMILES string of the molecule is O=C(Nc1c(F)cccc1Oc1ccccc1)c1cccc(Cl)n1. The lowest BCUT2D eigenvalue weighted by Crippen LogP contribution is -2.15.